The molecular weight excluding hydrogens is 312 g/mol. The molecule has 0 N–H and O–H groups in total. The topological polar surface area (TPSA) is 57.7 Å². The number of nitrogens with zero attached hydrogens (tertiary/aromatic N) is 2. The van der Waals surface area contributed by atoms with Gasteiger partial charge >= 0.3 is 0 Å². The van der Waals surface area contributed by atoms with Crippen molar-refractivity contribution >= 4 is 15.9 Å². The number of rotatable bonds is 5. The zero-order valence-corrected chi connectivity index (χ0v) is 15.0. The fourth-order valence-corrected chi connectivity index (χ4v) is 3.58. The zero-order chi connectivity index (χ0) is 17.0. The van der Waals surface area contributed by atoms with E-state index in [-0.39, 0.29) is 19.0 Å². The number of likely N-dealkylation sites (tertiary alicyclic amines) is 1. The highest BCUT2D eigenvalue weighted by molar-refractivity contribution is 7.88. The summed E-state index contributed by atoms with van der Waals surface area (Å²) in [5.41, 5.74) is 2.01. The number of benzene rings is 1. The molecule has 1 aliphatic heterocycles. The van der Waals surface area contributed by atoms with Gasteiger partial charge in [-0.15, -0.1) is 0 Å². The maximum atomic E-state index is 12.5. The smallest absolute Gasteiger partial charge is 0.237 e. The number of carbonyl (C=O) groups is 1. The molecule has 0 aliphatic carbocycles. The molecular formula is C17H26N2O3S. The van der Waals surface area contributed by atoms with Crippen LogP contribution in [0.25, 0.3) is 0 Å². The summed E-state index contributed by atoms with van der Waals surface area (Å²) in [5, 5.41) is 0. The summed E-state index contributed by atoms with van der Waals surface area (Å²) in [4.78, 5) is 14.3. The van der Waals surface area contributed by atoms with Crippen LogP contribution in [0, 0.1) is 12.8 Å². The molecule has 0 unspecified atom stereocenters. The third-order valence-corrected chi connectivity index (χ3v) is 5.47. The number of amides is 1. The van der Waals surface area contributed by atoms with Crippen molar-refractivity contribution in [2.45, 2.75) is 33.2 Å². The third kappa shape index (κ3) is 5.32. The second-order valence-corrected chi connectivity index (χ2v) is 8.59. The van der Waals surface area contributed by atoms with Gasteiger partial charge in [-0.25, -0.2) is 8.42 Å². The SMILES string of the molecule is Cc1ccc(CN(CC(=O)N2CCC[C@H](C)C2)S(C)(=O)=O)cc1. The lowest BCUT2D eigenvalue weighted by Crippen LogP contribution is -2.45. The molecule has 0 radical (unpaired) electrons. The van der Waals surface area contributed by atoms with Crippen LogP contribution in [-0.2, 0) is 21.4 Å². The quantitative estimate of drug-likeness (QED) is 0.825. The number of sulfonamides is 1. The van der Waals surface area contributed by atoms with Gasteiger partial charge in [0.05, 0.1) is 12.8 Å². The Labute approximate surface area is 139 Å². The van der Waals surface area contributed by atoms with Crippen LogP contribution in [0.5, 0.6) is 0 Å². The summed E-state index contributed by atoms with van der Waals surface area (Å²) in [6.45, 7) is 5.71. The van der Waals surface area contributed by atoms with Crippen LogP contribution < -0.4 is 0 Å². The van der Waals surface area contributed by atoms with Gasteiger partial charge in [-0.1, -0.05) is 36.8 Å². The highest BCUT2D eigenvalue weighted by Gasteiger charge is 2.26. The Hall–Kier alpha value is -1.40. The number of piperidine rings is 1. The Balaban J connectivity index is 2.06. The molecule has 1 aliphatic rings. The Morgan fingerprint density at radius 3 is 2.52 bits per heavy atom. The van der Waals surface area contributed by atoms with Gasteiger partial charge < -0.3 is 4.90 Å². The molecule has 23 heavy (non-hydrogen) atoms. The zero-order valence-electron chi connectivity index (χ0n) is 14.2. The monoisotopic (exact) mass is 338 g/mol. The molecule has 1 fully saturated rings. The van der Waals surface area contributed by atoms with E-state index < -0.39 is 10.0 Å². The normalized spacial score (nSPS) is 19.1. The first-order chi connectivity index (χ1) is 10.8. The molecule has 1 amide bonds. The number of hydrogen-bond acceptors (Lipinski definition) is 3. The molecule has 1 atom stereocenters. The highest BCUT2D eigenvalue weighted by atomic mass is 32.2. The molecule has 0 bridgehead atoms. The minimum absolute atomic E-state index is 0.0839. The van der Waals surface area contributed by atoms with E-state index in [1.807, 2.05) is 31.2 Å². The highest BCUT2D eigenvalue weighted by Crippen LogP contribution is 2.17. The molecule has 1 saturated heterocycles. The molecule has 1 aromatic carbocycles. The molecule has 0 saturated carbocycles. The minimum Gasteiger partial charge on any atom is -0.341 e. The van der Waals surface area contributed by atoms with E-state index in [1.54, 1.807) is 4.90 Å². The van der Waals surface area contributed by atoms with Crippen LogP contribution in [0.4, 0.5) is 0 Å². The summed E-state index contributed by atoms with van der Waals surface area (Å²) in [7, 11) is -3.43. The van der Waals surface area contributed by atoms with Crippen LogP contribution in [0.2, 0.25) is 0 Å². The van der Waals surface area contributed by atoms with Crippen molar-refractivity contribution in [1.82, 2.24) is 9.21 Å². The van der Waals surface area contributed by atoms with E-state index in [0.717, 1.165) is 43.3 Å². The fraction of sp³-hybridized carbons (Fsp3) is 0.588. The van der Waals surface area contributed by atoms with Crippen LogP contribution in [-0.4, -0.2) is 49.4 Å². The molecule has 0 spiro atoms. The minimum atomic E-state index is -3.43. The first-order valence-electron chi connectivity index (χ1n) is 8.04. The average Bonchev–Trinajstić information content (AvgIpc) is 2.47. The first kappa shape index (κ1) is 17.9. The van der Waals surface area contributed by atoms with Crippen molar-refractivity contribution < 1.29 is 13.2 Å². The fourth-order valence-electron chi connectivity index (χ4n) is 2.85. The van der Waals surface area contributed by atoms with E-state index in [9.17, 15) is 13.2 Å². The van der Waals surface area contributed by atoms with E-state index in [4.69, 9.17) is 0 Å². The number of hydrogen-bond donors (Lipinski definition) is 0. The standard InChI is InChI=1S/C17H26N2O3S/c1-14-6-8-16(9-7-14)12-19(23(3,21)22)13-17(20)18-10-4-5-15(2)11-18/h6-9,15H,4-5,10-13H2,1-3H3/t15-/m0/s1. The second kappa shape index (κ2) is 7.45. The van der Waals surface area contributed by atoms with Crippen LogP contribution >= 0.6 is 0 Å². The van der Waals surface area contributed by atoms with Gasteiger partial charge in [0, 0.05) is 19.6 Å². The van der Waals surface area contributed by atoms with Gasteiger partial charge in [-0.2, -0.15) is 4.31 Å². The Bertz CT molecular complexity index is 640. The molecule has 2 rings (SSSR count). The lowest BCUT2D eigenvalue weighted by Gasteiger charge is -2.32. The number of carbonyl (C=O) groups excluding carboxylic acids is 1. The lowest BCUT2D eigenvalue weighted by atomic mass is 10.0. The van der Waals surface area contributed by atoms with Gasteiger partial charge in [0.1, 0.15) is 0 Å². The van der Waals surface area contributed by atoms with Crippen LogP contribution in [0.15, 0.2) is 24.3 Å². The average molecular weight is 338 g/mol. The van der Waals surface area contributed by atoms with Crippen molar-refractivity contribution in [3.05, 3.63) is 35.4 Å². The van der Waals surface area contributed by atoms with E-state index in [0.29, 0.717) is 5.92 Å². The molecule has 0 aromatic heterocycles. The van der Waals surface area contributed by atoms with Crippen molar-refractivity contribution in [3.8, 4) is 0 Å². The van der Waals surface area contributed by atoms with E-state index >= 15 is 0 Å². The molecule has 5 nitrogen and oxygen atoms in total. The van der Waals surface area contributed by atoms with Gasteiger partial charge in [0.2, 0.25) is 15.9 Å². The Morgan fingerprint density at radius 2 is 1.96 bits per heavy atom. The molecule has 128 valence electrons. The summed E-state index contributed by atoms with van der Waals surface area (Å²) in [6.07, 6.45) is 3.28. The van der Waals surface area contributed by atoms with Crippen molar-refractivity contribution in [3.63, 3.8) is 0 Å². The predicted molar refractivity (Wildman–Crippen MR) is 91.4 cm³/mol. The molecule has 6 heteroatoms. The van der Waals surface area contributed by atoms with Crippen molar-refractivity contribution in [1.29, 1.82) is 0 Å². The second-order valence-electron chi connectivity index (χ2n) is 6.60. The lowest BCUT2D eigenvalue weighted by molar-refractivity contribution is -0.133. The summed E-state index contributed by atoms with van der Waals surface area (Å²) >= 11 is 0. The largest absolute Gasteiger partial charge is 0.341 e. The maximum Gasteiger partial charge on any atom is 0.237 e. The van der Waals surface area contributed by atoms with Gasteiger partial charge in [-0.05, 0) is 31.2 Å². The van der Waals surface area contributed by atoms with Crippen molar-refractivity contribution in [2.24, 2.45) is 5.92 Å². The Kier molecular flexibility index (Phi) is 5.81. The summed E-state index contributed by atoms with van der Waals surface area (Å²) in [6, 6.07) is 7.70. The van der Waals surface area contributed by atoms with E-state index in [2.05, 4.69) is 6.92 Å². The van der Waals surface area contributed by atoms with E-state index in [1.165, 1.54) is 4.31 Å². The third-order valence-electron chi connectivity index (χ3n) is 4.27. The van der Waals surface area contributed by atoms with Crippen molar-refractivity contribution in [2.75, 3.05) is 25.9 Å². The molecule has 1 aromatic rings. The summed E-state index contributed by atoms with van der Waals surface area (Å²) < 4.78 is 25.3. The first-order valence-corrected chi connectivity index (χ1v) is 9.89. The van der Waals surface area contributed by atoms with Crippen LogP contribution in [0.3, 0.4) is 0 Å². The summed E-state index contributed by atoms with van der Waals surface area (Å²) in [5.74, 6) is 0.380. The van der Waals surface area contributed by atoms with Gasteiger partial charge in [-0.3, -0.25) is 4.79 Å². The van der Waals surface area contributed by atoms with Gasteiger partial charge in [0.25, 0.3) is 0 Å². The molecule has 1 heterocycles. The maximum absolute atomic E-state index is 12.5. The predicted octanol–water partition coefficient (Wildman–Crippen LogP) is 2.02. The number of aryl methyl sites for hydroxylation is 1. The Morgan fingerprint density at radius 1 is 1.30 bits per heavy atom. The van der Waals surface area contributed by atoms with Crippen LogP contribution in [0.1, 0.15) is 30.9 Å². The van der Waals surface area contributed by atoms with Gasteiger partial charge in [0.15, 0.2) is 0 Å².